The van der Waals surface area contributed by atoms with Gasteiger partial charge in [-0.25, -0.2) is 0 Å². The Kier molecular flexibility index (Phi) is 8.79. The standard InChI is InChI=1S/C21H24N2.CH3.Ni/c1-16-8-3-5-12-20(16)22-14-18-10-7-11-19(18)15-23-21-13-6-4-9-17(21)2;;/h3-6,8-9,12-15,18-19H,7,10-11H2,1-2H3;1H3;/q;-1;. The zero-order valence-corrected chi connectivity index (χ0v) is 16.2. The van der Waals surface area contributed by atoms with Crippen molar-refractivity contribution in [1.82, 2.24) is 0 Å². The van der Waals surface area contributed by atoms with Gasteiger partial charge in [0, 0.05) is 40.8 Å². The molecule has 0 amide bonds. The summed E-state index contributed by atoms with van der Waals surface area (Å²) in [6, 6.07) is 16.6. The molecule has 0 spiro atoms. The molecule has 0 radical (unpaired) electrons. The summed E-state index contributed by atoms with van der Waals surface area (Å²) in [6.07, 6.45) is 7.96. The minimum absolute atomic E-state index is 0. The van der Waals surface area contributed by atoms with Gasteiger partial charge in [-0.2, -0.15) is 0 Å². The van der Waals surface area contributed by atoms with Gasteiger partial charge in [0.05, 0.1) is 11.4 Å². The molecule has 0 N–H and O–H groups in total. The van der Waals surface area contributed by atoms with E-state index >= 15 is 0 Å². The molecule has 1 aliphatic carbocycles. The van der Waals surface area contributed by atoms with Crippen LogP contribution in [-0.2, 0) is 16.5 Å². The van der Waals surface area contributed by atoms with Crippen LogP contribution in [0.25, 0.3) is 0 Å². The predicted octanol–water partition coefficient (Wildman–Crippen LogP) is 6.27. The molecule has 2 unspecified atom stereocenters. The minimum Gasteiger partial charge on any atom is -0.358 e. The molecule has 0 aromatic heterocycles. The number of hydrogen-bond donors (Lipinski definition) is 0. The number of aliphatic imine (C=N–C) groups is 2. The van der Waals surface area contributed by atoms with Crippen molar-refractivity contribution in [2.75, 3.05) is 0 Å². The van der Waals surface area contributed by atoms with Crippen molar-refractivity contribution in [3.8, 4) is 0 Å². The van der Waals surface area contributed by atoms with Crippen molar-refractivity contribution in [2.24, 2.45) is 21.8 Å². The van der Waals surface area contributed by atoms with Crippen LogP contribution in [-0.4, -0.2) is 12.4 Å². The molecule has 25 heavy (non-hydrogen) atoms. The quantitative estimate of drug-likeness (QED) is 0.340. The van der Waals surface area contributed by atoms with E-state index in [0.717, 1.165) is 11.4 Å². The number of hydrogen-bond acceptors (Lipinski definition) is 2. The van der Waals surface area contributed by atoms with Crippen molar-refractivity contribution < 1.29 is 16.5 Å². The smallest absolute Gasteiger partial charge is 0.0654 e. The maximum absolute atomic E-state index is 4.72. The second-order valence-electron chi connectivity index (χ2n) is 6.39. The molecule has 3 heteroatoms. The largest absolute Gasteiger partial charge is 0.358 e. The van der Waals surface area contributed by atoms with Crippen LogP contribution < -0.4 is 0 Å². The molecule has 1 saturated carbocycles. The number of nitrogens with zero attached hydrogens (tertiary/aromatic N) is 2. The molecule has 136 valence electrons. The van der Waals surface area contributed by atoms with Gasteiger partial charge in [-0.15, -0.1) is 0 Å². The van der Waals surface area contributed by atoms with E-state index in [1.165, 1.54) is 30.4 Å². The summed E-state index contributed by atoms with van der Waals surface area (Å²) in [5, 5.41) is 0. The molecule has 2 nitrogen and oxygen atoms in total. The first-order valence-electron chi connectivity index (χ1n) is 8.43. The molecule has 0 heterocycles. The van der Waals surface area contributed by atoms with Gasteiger partial charge >= 0.3 is 0 Å². The first kappa shape index (κ1) is 21.3. The Morgan fingerprint density at radius 2 is 1.16 bits per heavy atom. The fraction of sp³-hybridized carbons (Fsp3) is 0.318. The van der Waals surface area contributed by atoms with Gasteiger partial charge in [0.1, 0.15) is 0 Å². The van der Waals surface area contributed by atoms with Crippen molar-refractivity contribution in [3.63, 3.8) is 0 Å². The SMILES string of the molecule is Cc1ccccc1N=CC1CCCC1C=Nc1ccccc1C.[CH3-].[Ni]. The third-order valence-corrected chi connectivity index (χ3v) is 4.67. The summed E-state index contributed by atoms with van der Waals surface area (Å²) in [7, 11) is 0. The number of rotatable bonds is 4. The van der Waals surface area contributed by atoms with Crippen LogP contribution in [0.15, 0.2) is 58.5 Å². The Hall–Kier alpha value is -1.73. The van der Waals surface area contributed by atoms with Crippen LogP contribution in [0.2, 0.25) is 0 Å². The van der Waals surface area contributed by atoms with Crippen LogP contribution in [0.5, 0.6) is 0 Å². The van der Waals surface area contributed by atoms with E-state index in [-0.39, 0.29) is 23.9 Å². The topological polar surface area (TPSA) is 24.7 Å². The number of para-hydroxylation sites is 2. The van der Waals surface area contributed by atoms with Crippen molar-refractivity contribution in [2.45, 2.75) is 33.1 Å². The second kappa shape index (κ2) is 10.3. The predicted molar refractivity (Wildman–Crippen MR) is 106 cm³/mol. The van der Waals surface area contributed by atoms with Crippen LogP contribution in [0.3, 0.4) is 0 Å². The van der Waals surface area contributed by atoms with Gasteiger partial charge in [0.25, 0.3) is 0 Å². The maximum Gasteiger partial charge on any atom is 0.0654 e. The monoisotopic (exact) mass is 377 g/mol. The van der Waals surface area contributed by atoms with Crippen molar-refractivity contribution >= 4 is 23.8 Å². The van der Waals surface area contributed by atoms with E-state index in [2.05, 4.69) is 62.7 Å². The van der Waals surface area contributed by atoms with E-state index in [1.807, 2.05) is 12.1 Å². The van der Waals surface area contributed by atoms with Crippen LogP contribution in [0, 0.1) is 33.1 Å². The summed E-state index contributed by atoms with van der Waals surface area (Å²) in [6.45, 7) is 4.22. The average molecular weight is 378 g/mol. The maximum atomic E-state index is 4.72. The second-order valence-corrected chi connectivity index (χ2v) is 6.39. The molecule has 2 aromatic carbocycles. The molecule has 2 aromatic rings. The summed E-state index contributed by atoms with van der Waals surface area (Å²) in [4.78, 5) is 9.45. The third kappa shape index (κ3) is 5.64. The summed E-state index contributed by atoms with van der Waals surface area (Å²) >= 11 is 0. The Labute approximate surface area is 162 Å². The van der Waals surface area contributed by atoms with Crippen LogP contribution in [0.4, 0.5) is 11.4 Å². The molecular weight excluding hydrogens is 351 g/mol. The molecule has 0 aliphatic heterocycles. The van der Waals surface area contributed by atoms with E-state index < -0.39 is 0 Å². The van der Waals surface area contributed by atoms with E-state index in [9.17, 15) is 0 Å². The molecule has 3 rings (SSSR count). The summed E-state index contributed by atoms with van der Waals surface area (Å²) in [5.41, 5.74) is 4.61. The Balaban J connectivity index is 0.00000156. The molecule has 0 bridgehead atoms. The molecule has 1 fully saturated rings. The first-order chi connectivity index (χ1) is 11.2. The Morgan fingerprint density at radius 1 is 0.760 bits per heavy atom. The van der Waals surface area contributed by atoms with E-state index in [1.54, 1.807) is 0 Å². The fourth-order valence-corrected chi connectivity index (χ4v) is 3.16. The molecule has 1 aliphatic rings. The zero-order chi connectivity index (χ0) is 16.1. The van der Waals surface area contributed by atoms with Crippen molar-refractivity contribution in [3.05, 3.63) is 67.1 Å². The van der Waals surface area contributed by atoms with Gasteiger partial charge in [-0.1, -0.05) is 42.8 Å². The average Bonchev–Trinajstić information content (AvgIpc) is 3.01. The first-order valence-corrected chi connectivity index (χ1v) is 8.43. The number of aryl methyl sites for hydroxylation is 2. The van der Waals surface area contributed by atoms with Gasteiger partial charge in [0.15, 0.2) is 0 Å². The normalized spacial score (nSPS) is 19.8. The van der Waals surface area contributed by atoms with E-state index in [0.29, 0.717) is 11.8 Å². The molecule has 2 atom stereocenters. The van der Waals surface area contributed by atoms with E-state index in [4.69, 9.17) is 9.98 Å². The van der Waals surface area contributed by atoms with Crippen LogP contribution >= 0.6 is 0 Å². The summed E-state index contributed by atoms with van der Waals surface area (Å²) < 4.78 is 0. The van der Waals surface area contributed by atoms with Gasteiger partial charge in [0.2, 0.25) is 0 Å². The van der Waals surface area contributed by atoms with Gasteiger partial charge < -0.3 is 7.43 Å². The molecular formula is C22H27N2Ni-. The minimum atomic E-state index is 0. The third-order valence-electron chi connectivity index (χ3n) is 4.67. The number of benzene rings is 2. The zero-order valence-electron chi connectivity index (χ0n) is 15.3. The van der Waals surface area contributed by atoms with Gasteiger partial charge in [-0.3, -0.25) is 9.98 Å². The van der Waals surface area contributed by atoms with Crippen molar-refractivity contribution in [1.29, 1.82) is 0 Å². The van der Waals surface area contributed by atoms with Gasteiger partial charge in [-0.05, 0) is 49.9 Å². The fourth-order valence-electron chi connectivity index (χ4n) is 3.16. The molecule has 0 saturated heterocycles. The van der Waals surface area contributed by atoms with Crippen LogP contribution in [0.1, 0.15) is 30.4 Å². The Bertz CT molecular complexity index is 660. The summed E-state index contributed by atoms with van der Waals surface area (Å²) in [5.74, 6) is 1.00. The Morgan fingerprint density at radius 3 is 1.56 bits per heavy atom.